The van der Waals surface area contributed by atoms with Crippen molar-refractivity contribution < 1.29 is 26.3 Å². The number of rotatable bonds is 1. The Balaban J connectivity index is 1.85. The summed E-state index contributed by atoms with van der Waals surface area (Å²) in [7, 11) is 0. The molecule has 162 valence electrons. The quantitative estimate of drug-likeness (QED) is 0.314. The standard InChI is InChI=1S/C22H12F6N4/c23-21(24,25)16-5-3-14(4-6-16)15-9-18(22(26,27)28)20-31-11-17(32(20)12-15)7-1-13-2-8-19(29)30-10-13/h2-6,8-12H,(H2,29,30). The van der Waals surface area contributed by atoms with Crippen LogP contribution in [0.15, 0.2) is 61.1 Å². The summed E-state index contributed by atoms with van der Waals surface area (Å²) in [6, 6.07) is 7.85. The minimum Gasteiger partial charge on any atom is -0.384 e. The topological polar surface area (TPSA) is 56.2 Å². The van der Waals surface area contributed by atoms with Crippen LogP contribution in [-0.4, -0.2) is 14.4 Å². The van der Waals surface area contributed by atoms with E-state index < -0.39 is 23.5 Å². The molecule has 0 aliphatic rings. The molecule has 0 radical (unpaired) electrons. The molecule has 4 nitrogen and oxygen atoms in total. The maximum absolute atomic E-state index is 13.7. The lowest BCUT2D eigenvalue weighted by molar-refractivity contribution is -0.138. The van der Waals surface area contributed by atoms with Gasteiger partial charge < -0.3 is 5.73 Å². The average molecular weight is 446 g/mol. The predicted octanol–water partition coefficient (Wildman–Crippen LogP) is 5.42. The number of hydrogen-bond donors (Lipinski definition) is 1. The van der Waals surface area contributed by atoms with E-state index in [0.717, 1.165) is 34.7 Å². The Kier molecular flexibility index (Phi) is 5.05. The fourth-order valence-electron chi connectivity index (χ4n) is 3.01. The van der Waals surface area contributed by atoms with Crippen LogP contribution >= 0.6 is 0 Å². The molecule has 0 unspecified atom stereocenters. The van der Waals surface area contributed by atoms with Gasteiger partial charge in [-0.25, -0.2) is 9.97 Å². The Hall–Kier alpha value is -4.00. The number of imidazole rings is 1. The number of hydrogen-bond acceptors (Lipinski definition) is 3. The van der Waals surface area contributed by atoms with Gasteiger partial charge in [0.05, 0.1) is 17.3 Å². The van der Waals surface area contributed by atoms with Crippen LogP contribution in [0, 0.1) is 11.8 Å². The van der Waals surface area contributed by atoms with Crippen molar-refractivity contribution in [1.29, 1.82) is 0 Å². The molecule has 0 amide bonds. The largest absolute Gasteiger partial charge is 0.420 e. The molecule has 10 heteroatoms. The molecule has 1 aromatic carbocycles. The van der Waals surface area contributed by atoms with Gasteiger partial charge in [-0.1, -0.05) is 18.1 Å². The van der Waals surface area contributed by atoms with E-state index in [0.29, 0.717) is 11.4 Å². The minimum absolute atomic E-state index is 0.0637. The zero-order chi connectivity index (χ0) is 23.1. The fourth-order valence-corrected chi connectivity index (χ4v) is 3.01. The molecular formula is C22H12F6N4. The van der Waals surface area contributed by atoms with E-state index in [4.69, 9.17) is 5.73 Å². The third-order valence-electron chi connectivity index (χ3n) is 4.58. The normalized spacial score (nSPS) is 11.9. The van der Waals surface area contributed by atoms with Crippen molar-refractivity contribution in [2.75, 3.05) is 5.73 Å². The highest BCUT2D eigenvalue weighted by Crippen LogP contribution is 2.36. The van der Waals surface area contributed by atoms with Gasteiger partial charge in [0.25, 0.3) is 0 Å². The van der Waals surface area contributed by atoms with Crippen LogP contribution in [0.25, 0.3) is 16.8 Å². The highest BCUT2D eigenvalue weighted by atomic mass is 19.4. The molecule has 0 aliphatic heterocycles. The molecule has 0 bridgehead atoms. The lowest BCUT2D eigenvalue weighted by atomic mass is 10.0. The summed E-state index contributed by atoms with van der Waals surface area (Å²) in [6.07, 6.45) is -5.33. The number of nitrogens with zero attached hydrogens (tertiary/aromatic N) is 3. The third-order valence-corrected chi connectivity index (χ3v) is 4.58. The summed E-state index contributed by atoms with van der Waals surface area (Å²) >= 11 is 0. The van der Waals surface area contributed by atoms with Crippen molar-refractivity contribution >= 4 is 11.5 Å². The van der Waals surface area contributed by atoms with Gasteiger partial charge in [-0.3, -0.25) is 4.40 Å². The molecule has 2 N–H and O–H groups in total. The van der Waals surface area contributed by atoms with Crippen LogP contribution < -0.4 is 5.73 Å². The third kappa shape index (κ3) is 4.23. The van der Waals surface area contributed by atoms with Gasteiger partial charge in [0.2, 0.25) is 0 Å². The van der Waals surface area contributed by atoms with Gasteiger partial charge in [-0.2, -0.15) is 26.3 Å². The van der Waals surface area contributed by atoms with E-state index >= 15 is 0 Å². The Morgan fingerprint density at radius 1 is 0.781 bits per heavy atom. The second-order valence-electron chi connectivity index (χ2n) is 6.77. The van der Waals surface area contributed by atoms with Crippen LogP contribution in [0.4, 0.5) is 32.2 Å². The van der Waals surface area contributed by atoms with Gasteiger partial charge in [-0.05, 0) is 47.4 Å². The van der Waals surface area contributed by atoms with E-state index in [9.17, 15) is 26.3 Å². The number of benzene rings is 1. The molecule has 3 heterocycles. The Bertz CT molecular complexity index is 1340. The highest BCUT2D eigenvalue weighted by molar-refractivity contribution is 5.69. The van der Waals surface area contributed by atoms with Crippen molar-refractivity contribution in [2.24, 2.45) is 0 Å². The van der Waals surface area contributed by atoms with Crippen molar-refractivity contribution in [2.45, 2.75) is 12.4 Å². The van der Waals surface area contributed by atoms with Crippen LogP contribution in [-0.2, 0) is 12.4 Å². The molecule has 4 rings (SSSR count). The van der Waals surface area contributed by atoms with E-state index in [2.05, 4.69) is 21.8 Å². The monoisotopic (exact) mass is 446 g/mol. The fraction of sp³-hybridized carbons (Fsp3) is 0.0909. The predicted molar refractivity (Wildman–Crippen MR) is 105 cm³/mol. The zero-order valence-electron chi connectivity index (χ0n) is 16.0. The van der Waals surface area contributed by atoms with E-state index in [1.54, 1.807) is 6.07 Å². The number of pyridine rings is 2. The van der Waals surface area contributed by atoms with Crippen molar-refractivity contribution in [3.05, 3.63) is 83.4 Å². The highest BCUT2D eigenvalue weighted by Gasteiger charge is 2.35. The van der Waals surface area contributed by atoms with Gasteiger partial charge >= 0.3 is 12.4 Å². The lowest BCUT2D eigenvalue weighted by Gasteiger charge is -2.12. The van der Waals surface area contributed by atoms with Crippen LogP contribution in [0.3, 0.4) is 0 Å². The Labute approximate surface area is 177 Å². The van der Waals surface area contributed by atoms with Gasteiger partial charge in [0, 0.05) is 18.0 Å². The molecule has 0 aliphatic carbocycles. The first kappa shape index (κ1) is 21.2. The Morgan fingerprint density at radius 3 is 2.09 bits per heavy atom. The van der Waals surface area contributed by atoms with Crippen LogP contribution in [0.2, 0.25) is 0 Å². The second-order valence-corrected chi connectivity index (χ2v) is 6.77. The number of halogens is 6. The van der Waals surface area contributed by atoms with E-state index in [1.807, 2.05) is 0 Å². The molecule has 0 atom stereocenters. The summed E-state index contributed by atoms with van der Waals surface area (Å²) < 4.78 is 80.6. The minimum atomic E-state index is -4.74. The summed E-state index contributed by atoms with van der Waals surface area (Å²) in [5.41, 5.74) is 4.11. The SMILES string of the molecule is Nc1ccc(C#Cc2cnc3c(C(F)(F)F)cc(-c4ccc(C(F)(F)F)cc4)cn23)cn1. The number of aromatic nitrogens is 3. The van der Waals surface area contributed by atoms with Gasteiger partial charge in [-0.15, -0.1) is 0 Å². The van der Waals surface area contributed by atoms with Crippen molar-refractivity contribution in [3.8, 4) is 23.0 Å². The average Bonchev–Trinajstić information content (AvgIpc) is 3.14. The number of alkyl halides is 6. The summed E-state index contributed by atoms with van der Waals surface area (Å²) in [5.74, 6) is 5.81. The molecule has 32 heavy (non-hydrogen) atoms. The van der Waals surface area contributed by atoms with Crippen molar-refractivity contribution in [1.82, 2.24) is 14.4 Å². The van der Waals surface area contributed by atoms with Gasteiger partial charge in [0.15, 0.2) is 0 Å². The van der Waals surface area contributed by atoms with Crippen molar-refractivity contribution in [3.63, 3.8) is 0 Å². The first-order valence-corrected chi connectivity index (χ1v) is 9.02. The molecule has 4 aromatic rings. The summed E-state index contributed by atoms with van der Waals surface area (Å²) in [4.78, 5) is 7.74. The summed E-state index contributed by atoms with van der Waals surface area (Å²) in [5, 5.41) is 0. The Morgan fingerprint density at radius 2 is 1.50 bits per heavy atom. The smallest absolute Gasteiger partial charge is 0.384 e. The molecule has 0 fully saturated rings. The second kappa shape index (κ2) is 7.60. The zero-order valence-corrected chi connectivity index (χ0v) is 16.0. The molecule has 0 saturated carbocycles. The maximum atomic E-state index is 13.7. The number of anilines is 1. The first-order chi connectivity index (χ1) is 15.0. The lowest BCUT2D eigenvalue weighted by Crippen LogP contribution is -2.09. The summed E-state index contributed by atoms with van der Waals surface area (Å²) in [6.45, 7) is 0. The first-order valence-electron chi connectivity index (χ1n) is 9.02. The van der Waals surface area contributed by atoms with E-state index in [1.165, 1.54) is 24.7 Å². The van der Waals surface area contributed by atoms with Crippen LogP contribution in [0.5, 0.6) is 0 Å². The van der Waals surface area contributed by atoms with E-state index in [-0.39, 0.29) is 22.5 Å². The van der Waals surface area contributed by atoms with Crippen LogP contribution in [0.1, 0.15) is 22.4 Å². The number of nitrogens with two attached hydrogens (primary N) is 1. The number of fused-ring (bicyclic) bond motifs is 1. The molecule has 3 aromatic heterocycles. The molecule has 0 saturated heterocycles. The number of nitrogen functional groups attached to an aromatic ring is 1. The maximum Gasteiger partial charge on any atom is 0.420 e. The molecular weight excluding hydrogens is 434 g/mol. The molecule has 0 spiro atoms. The van der Waals surface area contributed by atoms with Gasteiger partial charge in [0.1, 0.15) is 17.2 Å².